The molecule has 3 rings (SSSR count). The summed E-state index contributed by atoms with van der Waals surface area (Å²) in [5.41, 5.74) is 1.82. The maximum absolute atomic E-state index is 13.0. The van der Waals surface area contributed by atoms with E-state index in [2.05, 4.69) is 5.32 Å². The summed E-state index contributed by atoms with van der Waals surface area (Å²) in [6, 6.07) is 10.8. The minimum Gasteiger partial charge on any atom is -0.480 e. The zero-order valence-electron chi connectivity index (χ0n) is 16.4. The quantitative estimate of drug-likeness (QED) is 0.832. The third-order valence-corrected chi connectivity index (χ3v) is 5.09. The number of carbonyl (C=O) groups excluding carboxylic acids is 2. The van der Waals surface area contributed by atoms with E-state index in [1.165, 1.54) is 24.3 Å². The van der Waals surface area contributed by atoms with Crippen molar-refractivity contribution in [1.82, 2.24) is 4.90 Å². The first-order chi connectivity index (χ1) is 13.4. The molecule has 1 heterocycles. The van der Waals surface area contributed by atoms with Gasteiger partial charge in [0.25, 0.3) is 11.8 Å². The van der Waals surface area contributed by atoms with E-state index in [4.69, 9.17) is 4.74 Å². The van der Waals surface area contributed by atoms with Crippen molar-refractivity contribution in [3.8, 4) is 5.75 Å². The predicted octanol–water partition coefficient (Wildman–Crippen LogP) is 4.38. The van der Waals surface area contributed by atoms with Gasteiger partial charge >= 0.3 is 0 Å². The van der Waals surface area contributed by atoms with Crippen LogP contribution in [-0.2, 0) is 11.3 Å². The fourth-order valence-electron chi connectivity index (χ4n) is 3.20. The molecular weight excluding hydrogens is 359 g/mol. The molecule has 0 bridgehead atoms. The lowest BCUT2D eigenvalue weighted by Gasteiger charge is -2.28. The molecule has 1 N–H and O–H groups in total. The lowest BCUT2D eigenvalue weighted by molar-refractivity contribution is -0.140. The van der Waals surface area contributed by atoms with E-state index < -0.39 is 6.10 Å². The summed E-state index contributed by atoms with van der Waals surface area (Å²) in [5.74, 6) is -0.0643. The molecule has 2 amide bonds. The van der Waals surface area contributed by atoms with Crippen molar-refractivity contribution < 1.29 is 18.7 Å². The third kappa shape index (κ3) is 4.16. The smallest absolute Gasteiger partial charge is 0.264 e. The molecule has 1 aliphatic rings. The number of benzene rings is 2. The molecule has 0 unspecified atom stereocenters. The molecule has 0 spiro atoms. The highest BCUT2D eigenvalue weighted by Gasteiger charge is 2.32. The summed E-state index contributed by atoms with van der Waals surface area (Å²) in [7, 11) is 0. The number of carbonyl (C=O) groups is 2. The predicted molar refractivity (Wildman–Crippen MR) is 106 cm³/mol. The molecule has 6 heteroatoms. The average Bonchev–Trinajstić information content (AvgIpc) is 2.84. The van der Waals surface area contributed by atoms with E-state index in [1.54, 1.807) is 12.1 Å². The highest BCUT2D eigenvalue weighted by molar-refractivity contribution is 6.04. The van der Waals surface area contributed by atoms with Crippen molar-refractivity contribution in [3.05, 3.63) is 59.4 Å². The van der Waals surface area contributed by atoms with Gasteiger partial charge in [0.05, 0.1) is 0 Å². The van der Waals surface area contributed by atoms with Crippen molar-refractivity contribution in [2.24, 2.45) is 0 Å². The van der Waals surface area contributed by atoms with Crippen LogP contribution < -0.4 is 10.1 Å². The summed E-state index contributed by atoms with van der Waals surface area (Å²) >= 11 is 0. The molecule has 0 aromatic heterocycles. The first-order valence-corrected chi connectivity index (χ1v) is 9.59. The molecule has 0 saturated heterocycles. The molecule has 2 atom stereocenters. The largest absolute Gasteiger partial charge is 0.480 e. The van der Waals surface area contributed by atoms with Gasteiger partial charge in [-0.15, -0.1) is 0 Å². The summed E-state index contributed by atoms with van der Waals surface area (Å²) < 4.78 is 19.0. The van der Waals surface area contributed by atoms with Gasteiger partial charge in [0.1, 0.15) is 11.6 Å². The Morgan fingerprint density at radius 2 is 1.96 bits per heavy atom. The zero-order chi connectivity index (χ0) is 20.3. The van der Waals surface area contributed by atoms with Crippen LogP contribution in [0.5, 0.6) is 5.75 Å². The minimum absolute atomic E-state index is 0.00931. The Morgan fingerprint density at radius 3 is 2.61 bits per heavy atom. The Bertz CT molecular complexity index is 867. The van der Waals surface area contributed by atoms with E-state index in [1.807, 2.05) is 31.7 Å². The summed E-state index contributed by atoms with van der Waals surface area (Å²) in [4.78, 5) is 27.1. The van der Waals surface area contributed by atoms with Crippen LogP contribution in [0.2, 0.25) is 0 Å². The Balaban J connectivity index is 1.86. The topological polar surface area (TPSA) is 58.6 Å². The van der Waals surface area contributed by atoms with E-state index in [9.17, 15) is 14.0 Å². The highest BCUT2D eigenvalue weighted by Crippen LogP contribution is 2.30. The van der Waals surface area contributed by atoms with E-state index >= 15 is 0 Å². The van der Waals surface area contributed by atoms with Crippen LogP contribution in [0.4, 0.5) is 10.1 Å². The molecular formula is C22H25FN2O3. The molecule has 2 aromatic rings. The first-order valence-electron chi connectivity index (χ1n) is 9.59. The summed E-state index contributed by atoms with van der Waals surface area (Å²) in [6.07, 6.45) is 0.933. The number of hydrogen-bond donors (Lipinski definition) is 1. The number of ether oxygens (including phenoxy) is 1. The number of hydrogen-bond acceptors (Lipinski definition) is 3. The molecule has 148 valence electrons. The van der Waals surface area contributed by atoms with Crippen LogP contribution in [0, 0.1) is 5.82 Å². The van der Waals surface area contributed by atoms with Gasteiger partial charge in [0.15, 0.2) is 6.10 Å². The fourth-order valence-corrected chi connectivity index (χ4v) is 3.20. The van der Waals surface area contributed by atoms with Gasteiger partial charge in [-0.2, -0.15) is 0 Å². The fraction of sp³-hybridized carbons (Fsp3) is 0.364. The number of amides is 2. The maximum atomic E-state index is 13.0. The molecule has 2 aromatic carbocycles. The van der Waals surface area contributed by atoms with Gasteiger partial charge in [0, 0.05) is 29.4 Å². The van der Waals surface area contributed by atoms with Gasteiger partial charge in [-0.3, -0.25) is 9.59 Å². The normalized spacial score (nSPS) is 17.4. The highest BCUT2D eigenvalue weighted by atomic mass is 19.1. The van der Waals surface area contributed by atoms with Crippen molar-refractivity contribution in [1.29, 1.82) is 0 Å². The van der Waals surface area contributed by atoms with Gasteiger partial charge in [0.2, 0.25) is 0 Å². The Hall–Kier alpha value is -2.89. The minimum atomic E-state index is -0.505. The second kappa shape index (κ2) is 8.42. The summed E-state index contributed by atoms with van der Waals surface area (Å²) in [6.45, 7) is 6.43. The molecule has 0 aliphatic carbocycles. The first kappa shape index (κ1) is 19.9. The van der Waals surface area contributed by atoms with Crippen LogP contribution >= 0.6 is 0 Å². The number of rotatable bonds is 5. The number of halogens is 1. The second-order valence-corrected chi connectivity index (χ2v) is 7.02. The van der Waals surface area contributed by atoms with Crippen molar-refractivity contribution in [2.45, 2.75) is 52.3 Å². The molecule has 28 heavy (non-hydrogen) atoms. The van der Waals surface area contributed by atoms with Crippen LogP contribution in [0.15, 0.2) is 42.5 Å². The number of anilines is 1. The number of nitrogens with one attached hydrogen (secondary N) is 1. The zero-order valence-corrected chi connectivity index (χ0v) is 16.4. The van der Waals surface area contributed by atoms with E-state index in [0.717, 1.165) is 12.0 Å². The molecule has 5 nitrogen and oxygen atoms in total. The molecule has 1 aliphatic heterocycles. The van der Waals surface area contributed by atoms with Gasteiger partial charge in [-0.1, -0.05) is 13.8 Å². The van der Waals surface area contributed by atoms with Crippen molar-refractivity contribution in [3.63, 3.8) is 0 Å². The monoisotopic (exact) mass is 384 g/mol. The number of nitrogens with zero attached hydrogens (tertiary/aromatic N) is 1. The summed E-state index contributed by atoms with van der Waals surface area (Å²) in [5, 5.41) is 2.82. The Labute approximate surface area is 164 Å². The molecule has 0 radical (unpaired) electrons. The lowest BCUT2D eigenvalue weighted by atomic mass is 10.1. The van der Waals surface area contributed by atoms with Crippen LogP contribution in [0.1, 0.15) is 49.5 Å². The lowest BCUT2D eigenvalue weighted by Crippen LogP contribution is -2.43. The van der Waals surface area contributed by atoms with Gasteiger partial charge in [-0.25, -0.2) is 4.39 Å². The van der Waals surface area contributed by atoms with Crippen molar-refractivity contribution >= 4 is 17.5 Å². The Kier molecular flexibility index (Phi) is 5.97. The third-order valence-electron chi connectivity index (χ3n) is 5.09. The van der Waals surface area contributed by atoms with Crippen LogP contribution in [0.25, 0.3) is 0 Å². The van der Waals surface area contributed by atoms with Gasteiger partial charge in [-0.05, 0) is 62.2 Å². The van der Waals surface area contributed by atoms with Crippen LogP contribution in [0.3, 0.4) is 0 Å². The van der Waals surface area contributed by atoms with Crippen LogP contribution in [-0.4, -0.2) is 28.9 Å². The van der Waals surface area contributed by atoms with E-state index in [-0.39, 0.29) is 23.7 Å². The standard InChI is InChI=1S/C22H25FN2O3/c1-4-14(3)25-13-16-12-18(10-11-20(16)28-19(5-2)22(25)27)24-21(26)15-6-8-17(23)9-7-15/h6-12,14,19H,4-5,13H2,1-3H3,(H,24,26)/t14-,19-/m1/s1. The van der Waals surface area contributed by atoms with Crippen molar-refractivity contribution in [2.75, 3.05) is 5.32 Å². The molecule has 0 fully saturated rings. The maximum Gasteiger partial charge on any atom is 0.264 e. The second-order valence-electron chi connectivity index (χ2n) is 7.02. The average molecular weight is 384 g/mol. The van der Waals surface area contributed by atoms with Gasteiger partial charge < -0.3 is 15.0 Å². The Morgan fingerprint density at radius 1 is 1.25 bits per heavy atom. The number of fused-ring (bicyclic) bond motifs is 1. The van der Waals surface area contributed by atoms with E-state index in [0.29, 0.717) is 30.0 Å². The SMILES string of the molecule is CC[C@@H](C)N1Cc2cc(NC(=O)c3ccc(F)cc3)ccc2O[C@H](CC)C1=O. The molecule has 0 saturated carbocycles.